The summed E-state index contributed by atoms with van der Waals surface area (Å²) in [5.74, 6) is 0. The van der Waals surface area contributed by atoms with Crippen molar-refractivity contribution in [3.05, 3.63) is 0 Å². The number of ether oxygens (including phenoxy) is 2. The molecule has 5 nitrogen and oxygen atoms in total. The Labute approximate surface area is 104 Å². The number of hydrogen-bond donors (Lipinski definition) is 3. The minimum Gasteiger partial charge on any atom is -0.394 e. The maximum absolute atomic E-state index is 8.52. The molecule has 0 saturated carbocycles. The highest BCUT2D eigenvalue weighted by Crippen LogP contribution is 2.05. The van der Waals surface area contributed by atoms with Crippen LogP contribution in [0.15, 0.2) is 0 Å². The molecule has 0 heterocycles. The topological polar surface area (TPSA) is 79.2 Å². The quantitative estimate of drug-likeness (QED) is 0.495. The summed E-state index contributed by atoms with van der Waals surface area (Å²) in [7, 11) is 0. The Morgan fingerprint density at radius 1 is 1.00 bits per heavy atom. The fraction of sp³-hybridized carbons (Fsp3) is 1.00. The third-order valence-electron chi connectivity index (χ3n) is 1.92. The van der Waals surface area contributed by atoms with Crippen LogP contribution in [0.4, 0.5) is 0 Å². The van der Waals surface area contributed by atoms with Gasteiger partial charge in [-0.1, -0.05) is 19.8 Å². The average molecular weight is 252 g/mol. The maximum Gasteiger partial charge on any atom is 0.0808 e. The van der Waals surface area contributed by atoms with Gasteiger partial charge in [0.2, 0.25) is 0 Å². The first-order valence-corrected chi connectivity index (χ1v) is 6.28. The van der Waals surface area contributed by atoms with Crippen molar-refractivity contribution in [1.29, 1.82) is 0 Å². The number of aliphatic hydroxyl groups is 3. The molecule has 0 amide bonds. The monoisotopic (exact) mass is 252 g/mol. The molecule has 0 radical (unpaired) electrons. The molecule has 0 bridgehead atoms. The highest BCUT2D eigenvalue weighted by molar-refractivity contribution is 4.56. The molecule has 1 unspecified atom stereocenters. The first-order valence-electron chi connectivity index (χ1n) is 6.28. The minimum atomic E-state index is -0.125. The van der Waals surface area contributed by atoms with Gasteiger partial charge in [-0.05, 0) is 13.3 Å². The number of rotatable bonds is 10. The van der Waals surface area contributed by atoms with Crippen molar-refractivity contribution >= 4 is 0 Å². The molecule has 0 rings (SSSR count). The second kappa shape index (κ2) is 18.2. The van der Waals surface area contributed by atoms with Crippen LogP contribution in [0.25, 0.3) is 0 Å². The van der Waals surface area contributed by atoms with Crippen LogP contribution < -0.4 is 0 Å². The normalized spacial score (nSPS) is 11.8. The Hall–Kier alpha value is -0.200. The van der Waals surface area contributed by atoms with Crippen LogP contribution in [0.3, 0.4) is 0 Å². The predicted molar refractivity (Wildman–Crippen MR) is 67.0 cm³/mol. The third kappa shape index (κ3) is 18.4. The van der Waals surface area contributed by atoms with E-state index >= 15 is 0 Å². The summed E-state index contributed by atoms with van der Waals surface area (Å²) in [5.41, 5.74) is 0. The smallest absolute Gasteiger partial charge is 0.0808 e. The summed E-state index contributed by atoms with van der Waals surface area (Å²) in [6, 6.07) is 0. The highest BCUT2D eigenvalue weighted by Gasteiger charge is 2.07. The van der Waals surface area contributed by atoms with Crippen LogP contribution >= 0.6 is 0 Å². The second-order valence-corrected chi connectivity index (χ2v) is 3.47. The van der Waals surface area contributed by atoms with E-state index in [0.29, 0.717) is 13.2 Å². The average Bonchev–Trinajstić information content (AvgIpc) is 2.36. The van der Waals surface area contributed by atoms with E-state index in [-0.39, 0.29) is 25.9 Å². The summed E-state index contributed by atoms with van der Waals surface area (Å²) in [6.45, 7) is 5.75. The molecule has 5 heteroatoms. The molecule has 0 aromatic rings. The van der Waals surface area contributed by atoms with Gasteiger partial charge in [0, 0.05) is 6.61 Å². The Balaban J connectivity index is 0. The molecule has 17 heavy (non-hydrogen) atoms. The number of aliphatic hydroxyl groups excluding tert-OH is 3. The van der Waals surface area contributed by atoms with Gasteiger partial charge in [-0.25, -0.2) is 0 Å². The molecule has 0 aliphatic rings. The van der Waals surface area contributed by atoms with Gasteiger partial charge in [0.05, 0.1) is 39.1 Å². The van der Waals surface area contributed by atoms with Gasteiger partial charge in [-0.2, -0.15) is 0 Å². The van der Waals surface area contributed by atoms with E-state index in [1.807, 2.05) is 6.92 Å². The van der Waals surface area contributed by atoms with Crippen molar-refractivity contribution in [1.82, 2.24) is 0 Å². The van der Waals surface area contributed by atoms with Crippen LogP contribution in [0.2, 0.25) is 0 Å². The van der Waals surface area contributed by atoms with E-state index < -0.39 is 0 Å². The molecular formula is C12H28O5. The van der Waals surface area contributed by atoms with Crippen LogP contribution in [0.5, 0.6) is 0 Å². The highest BCUT2D eigenvalue weighted by atomic mass is 16.5. The van der Waals surface area contributed by atoms with Crippen molar-refractivity contribution in [3.63, 3.8) is 0 Å². The third-order valence-corrected chi connectivity index (χ3v) is 1.92. The molecule has 1 atom stereocenters. The van der Waals surface area contributed by atoms with Crippen molar-refractivity contribution in [3.8, 4) is 0 Å². The molecule has 0 saturated heterocycles. The lowest BCUT2D eigenvalue weighted by molar-refractivity contribution is -0.0236. The largest absolute Gasteiger partial charge is 0.394 e. The molecule has 0 aromatic heterocycles. The summed E-state index contributed by atoms with van der Waals surface area (Å²) in [6.07, 6.45) is 3.61. The van der Waals surface area contributed by atoms with E-state index in [9.17, 15) is 0 Å². The Kier molecular flexibility index (Phi) is 20.5. The zero-order valence-corrected chi connectivity index (χ0v) is 11.1. The van der Waals surface area contributed by atoms with E-state index in [1.165, 1.54) is 12.8 Å². The van der Waals surface area contributed by atoms with E-state index in [2.05, 4.69) is 6.92 Å². The first kappa shape index (κ1) is 19.1. The van der Waals surface area contributed by atoms with Crippen LogP contribution in [-0.4, -0.2) is 61.1 Å². The SMILES string of the molecule is CCCCC(COCCO)OCC.OCCO. The Morgan fingerprint density at radius 3 is 2.06 bits per heavy atom. The van der Waals surface area contributed by atoms with Crippen LogP contribution in [-0.2, 0) is 9.47 Å². The summed E-state index contributed by atoms with van der Waals surface area (Å²) in [5, 5.41) is 23.8. The number of hydrogen-bond acceptors (Lipinski definition) is 5. The molecule has 0 aliphatic heterocycles. The van der Waals surface area contributed by atoms with Crippen molar-refractivity contribution in [2.24, 2.45) is 0 Å². The van der Waals surface area contributed by atoms with Gasteiger partial charge < -0.3 is 24.8 Å². The zero-order chi connectivity index (χ0) is 13.4. The molecule has 0 fully saturated rings. The number of unbranched alkanes of at least 4 members (excludes halogenated alkanes) is 1. The van der Waals surface area contributed by atoms with Crippen molar-refractivity contribution in [2.75, 3.05) is 39.6 Å². The molecule has 0 aromatic carbocycles. The van der Waals surface area contributed by atoms with Gasteiger partial charge in [-0.15, -0.1) is 0 Å². The summed E-state index contributed by atoms with van der Waals surface area (Å²) < 4.78 is 10.7. The van der Waals surface area contributed by atoms with Gasteiger partial charge in [0.25, 0.3) is 0 Å². The summed E-state index contributed by atoms with van der Waals surface area (Å²) >= 11 is 0. The standard InChI is InChI=1S/C10H22O3.C2H6O2/c1-3-5-6-10(13-4-2)9-12-8-7-11;3-1-2-4/h10-11H,3-9H2,1-2H3;3-4H,1-2H2. The van der Waals surface area contributed by atoms with Crippen molar-refractivity contribution in [2.45, 2.75) is 39.2 Å². The predicted octanol–water partition coefficient (Wildman–Crippen LogP) is 0.562. The van der Waals surface area contributed by atoms with Gasteiger partial charge in [0.15, 0.2) is 0 Å². The fourth-order valence-electron chi connectivity index (χ4n) is 1.16. The molecule has 3 N–H and O–H groups in total. The molecule has 0 spiro atoms. The van der Waals surface area contributed by atoms with E-state index in [4.69, 9.17) is 24.8 Å². The van der Waals surface area contributed by atoms with E-state index in [0.717, 1.165) is 13.0 Å². The lowest BCUT2D eigenvalue weighted by Crippen LogP contribution is -2.20. The Bertz CT molecular complexity index is 119. The van der Waals surface area contributed by atoms with Gasteiger partial charge in [-0.3, -0.25) is 0 Å². The molecule has 0 aliphatic carbocycles. The molecule has 106 valence electrons. The zero-order valence-electron chi connectivity index (χ0n) is 11.1. The Morgan fingerprint density at radius 2 is 1.65 bits per heavy atom. The fourth-order valence-corrected chi connectivity index (χ4v) is 1.16. The summed E-state index contributed by atoms with van der Waals surface area (Å²) in [4.78, 5) is 0. The first-order chi connectivity index (χ1) is 8.26. The van der Waals surface area contributed by atoms with Gasteiger partial charge >= 0.3 is 0 Å². The lowest BCUT2D eigenvalue weighted by Gasteiger charge is -2.16. The van der Waals surface area contributed by atoms with E-state index in [1.54, 1.807) is 0 Å². The van der Waals surface area contributed by atoms with Crippen LogP contribution in [0, 0.1) is 0 Å². The van der Waals surface area contributed by atoms with Crippen LogP contribution in [0.1, 0.15) is 33.1 Å². The van der Waals surface area contributed by atoms with Crippen molar-refractivity contribution < 1.29 is 24.8 Å². The lowest BCUT2D eigenvalue weighted by atomic mass is 10.2. The molecular weight excluding hydrogens is 224 g/mol. The minimum absolute atomic E-state index is 0.0899. The maximum atomic E-state index is 8.52. The van der Waals surface area contributed by atoms with Gasteiger partial charge in [0.1, 0.15) is 0 Å². The second-order valence-electron chi connectivity index (χ2n) is 3.47.